The van der Waals surface area contributed by atoms with E-state index >= 15 is 0 Å². The van der Waals surface area contributed by atoms with E-state index in [2.05, 4.69) is 5.32 Å². The summed E-state index contributed by atoms with van der Waals surface area (Å²) in [5.41, 5.74) is 5.38. The number of rotatable bonds is 3. The van der Waals surface area contributed by atoms with E-state index in [-0.39, 0.29) is 12.1 Å². The normalized spacial score (nSPS) is 17.1. The Morgan fingerprint density at radius 1 is 1.22 bits per heavy atom. The van der Waals surface area contributed by atoms with Crippen LogP contribution in [0.1, 0.15) is 36.8 Å². The van der Waals surface area contributed by atoms with Crippen molar-refractivity contribution in [2.24, 2.45) is 5.73 Å². The lowest BCUT2D eigenvalue weighted by Crippen LogP contribution is -2.17. The van der Waals surface area contributed by atoms with E-state index in [4.69, 9.17) is 5.73 Å². The van der Waals surface area contributed by atoms with Gasteiger partial charge in [0.1, 0.15) is 0 Å². The zero-order chi connectivity index (χ0) is 13.2. The van der Waals surface area contributed by atoms with E-state index in [9.17, 15) is 13.2 Å². The summed E-state index contributed by atoms with van der Waals surface area (Å²) in [4.78, 5) is 0. The van der Waals surface area contributed by atoms with Crippen LogP contribution in [0.4, 0.5) is 18.9 Å². The molecule has 0 saturated heterocycles. The molecule has 1 saturated carbocycles. The van der Waals surface area contributed by atoms with Gasteiger partial charge >= 0.3 is 6.18 Å². The first-order valence-corrected chi connectivity index (χ1v) is 6.17. The van der Waals surface area contributed by atoms with Crippen LogP contribution in [0.2, 0.25) is 0 Å². The minimum Gasteiger partial charge on any atom is -0.382 e. The summed E-state index contributed by atoms with van der Waals surface area (Å²) in [5, 5.41) is 3.16. The molecule has 18 heavy (non-hydrogen) atoms. The number of benzene rings is 1. The number of hydrogen-bond donors (Lipinski definition) is 2. The second-order valence-electron chi connectivity index (χ2n) is 4.70. The van der Waals surface area contributed by atoms with Crippen LogP contribution in [-0.4, -0.2) is 6.04 Å². The molecule has 0 aliphatic heterocycles. The highest BCUT2D eigenvalue weighted by Crippen LogP contribution is 2.34. The molecule has 1 aliphatic carbocycles. The highest BCUT2D eigenvalue weighted by atomic mass is 19.4. The standard InChI is InChI=1S/C13H17F3N2/c14-13(15,16)12-7-11(6-5-9(12)8-17)18-10-3-1-2-4-10/h5-7,10,18H,1-4,8,17H2. The molecule has 1 aromatic carbocycles. The lowest BCUT2D eigenvalue weighted by atomic mass is 10.1. The molecule has 2 nitrogen and oxygen atoms in total. The Bertz CT molecular complexity index is 409. The number of nitrogens with one attached hydrogen (secondary N) is 1. The number of halogens is 3. The molecule has 1 aromatic rings. The molecule has 1 aliphatic rings. The first-order chi connectivity index (χ1) is 8.50. The second-order valence-corrected chi connectivity index (χ2v) is 4.70. The van der Waals surface area contributed by atoms with Crippen LogP contribution in [0, 0.1) is 0 Å². The quantitative estimate of drug-likeness (QED) is 0.870. The lowest BCUT2D eigenvalue weighted by molar-refractivity contribution is -0.138. The van der Waals surface area contributed by atoms with Gasteiger partial charge in [0.05, 0.1) is 5.56 Å². The minimum absolute atomic E-state index is 0.0987. The van der Waals surface area contributed by atoms with Crippen molar-refractivity contribution < 1.29 is 13.2 Å². The number of anilines is 1. The zero-order valence-corrected chi connectivity index (χ0v) is 10.1. The fourth-order valence-electron chi connectivity index (χ4n) is 2.41. The van der Waals surface area contributed by atoms with Crippen molar-refractivity contribution in [2.75, 3.05) is 5.32 Å². The first kappa shape index (κ1) is 13.2. The molecule has 0 bridgehead atoms. The average molecular weight is 258 g/mol. The van der Waals surface area contributed by atoms with Crippen molar-refractivity contribution in [3.05, 3.63) is 29.3 Å². The van der Waals surface area contributed by atoms with E-state index in [0.717, 1.165) is 25.7 Å². The highest BCUT2D eigenvalue weighted by Gasteiger charge is 2.33. The van der Waals surface area contributed by atoms with Gasteiger partial charge in [-0.15, -0.1) is 0 Å². The van der Waals surface area contributed by atoms with Gasteiger partial charge in [-0.05, 0) is 30.5 Å². The van der Waals surface area contributed by atoms with Gasteiger partial charge in [0, 0.05) is 18.3 Å². The van der Waals surface area contributed by atoms with Crippen molar-refractivity contribution in [3.8, 4) is 0 Å². The van der Waals surface area contributed by atoms with Gasteiger partial charge < -0.3 is 11.1 Å². The zero-order valence-electron chi connectivity index (χ0n) is 10.1. The Morgan fingerprint density at radius 2 is 1.89 bits per heavy atom. The van der Waals surface area contributed by atoms with E-state index in [1.54, 1.807) is 6.07 Å². The predicted molar refractivity (Wildman–Crippen MR) is 65.2 cm³/mol. The Hall–Kier alpha value is -1.23. The van der Waals surface area contributed by atoms with E-state index in [1.165, 1.54) is 12.1 Å². The third-order valence-corrected chi connectivity index (χ3v) is 3.36. The van der Waals surface area contributed by atoms with Crippen LogP contribution in [0.3, 0.4) is 0 Å². The molecular formula is C13H17F3N2. The largest absolute Gasteiger partial charge is 0.416 e. The van der Waals surface area contributed by atoms with Gasteiger partial charge in [0.2, 0.25) is 0 Å². The molecular weight excluding hydrogens is 241 g/mol. The van der Waals surface area contributed by atoms with Crippen LogP contribution >= 0.6 is 0 Å². The van der Waals surface area contributed by atoms with Crippen LogP contribution in [-0.2, 0) is 12.7 Å². The summed E-state index contributed by atoms with van der Waals surface area (Å²) < 4.78 is 38.5. The molecule has 2 rings (SSSR count). The van der Waals surface area contributed by atoms with E-state index < -0.39 is 11.7 Å². The van der Waals surface area contributed by atoms with E-state index in [1.807, 2.05) is 0 Å². The average Bonchev–Trinajstić information content (AvgIpc) is 2.80. The Labute approximate surface area is 104 Å². The topological polar surface area (TPSA) is 38.0 Å². The highest BCUT2D eigenvalue weighted by molar-refractivity contribution is 5.50. The van der Waals surface area contributed by atoms with Crippen molar-refractivity contribution in [3.63, 3.8) is 0 Å². The maximum Gasteiger partial charge on any atom is 0.416 e. The summed E-state index contributed by atoms with van der Waals surface area (Å²) in [6, 6.07) is 4.60. The Balaban J connectivity index is 2.22. The summed E-state index contributed by atoms with van der Waals surface area (Å²) >= 11 is 0. The molecule has 0 unspecified atom stereocenters. The molecule has 0 heterocycles. The number of alkyl halides is 3. The third kappa shape index (κ3) is 2.96. The summed E-state index contributed by atoms with van der Waals surface area (Å²) in [7, 11) is 0. The fraction of sp³-hybridized carbons (Fsp3) is 0.538. The molecule has 0 atom stereocenters. The molecule has 3 N–H and O–H groups in total. The van der Waals surface area contributed by atoms with Crippen LogP contribution < -0.4 is 11.1 Å². The Kier molecular flexibility index (Phi) is 3.80. The molecule has 1 fully saturated rings. The van der Waals surface area contributed by atoms with Crippen LogP contribution in [0.15, 0.2) is 18.2 Å². The maximum atomic E-state index is 12.8. The maximum absolute atomic E-state index is 12.8. The predicted octanol–water partition coefficient (Wildman–Crippen LogP) is 3.52. The van der Waals surface area contributed by atoms with Crippen molar-refractivity contribution >= 4 is 5.69 Å². The molecule has 0 radical (unpaired) electrons. The molecule has 100 valence electrons. The first-order valence-electron chi connectivity index (χ1n) is 6.17. The molecule has 0 aromatic heterocycles. The third-order valence-electron chi connectivity index (χ3n) is 3.36. The number of nitrogens with two attached hydrogens (primary N) is 1. The van der Waals surface area contributed by atoms with Gasteiger partial charge in [0.25, 0.3) is 0 Å². The van der Waals surface area contributed by atoms with E-state index in [0.29, 0.717) is 11.7 Å². The van der Waals surface area contributed by atoms with Gasteiger partial charge in [0.15, 0.2) is 0 Å². The van der Waals surface area contributed by atoms with Crippen LogP contribution in [0.5, 0.6) is 0 Å². The summed E-state index contributed by atoms with van der Waals surface area (Å²) in [6.45, 7) is -0.0987. The van der Waals surface area contributed by atoms with Gasteiger partial charge in [-0.2, -0.15) is 13.2 Å². The van der Waals surface area contributed by atoms with Crippen molar-refractivity contribution in [2.45, 2.75) is 44.4 Å². The second kappa shape index (κ2) is 5.18. The molecule has 0 amide bonds. The summed E-state index contributed by atoms with van der Waals surface area (Å²) in [5.74, 6) is 0. The smallest absolute Gasteiger partial charge is 0.382 e. The summed E-state index contributed by atoms with van der Waals surface area (Å²) in [6.07, 6.45) is -0.00257. The minimum atomic E-state index is -4.35. The van der Waals surface area contributed by atoms with Crippen LogP contribution in [0.25, 0.3) is 0 Å². The lowest BCUT2D eigenvalue weighted by Gasteiger charge is -2.17. The molecule has 5 heteroatoms. The Morgan fingerprint density at radius 3 is 2.44 bits per heavy atom. The SMILES string of the molecule is NCc1ccc(NC2CCCC2)cc1C(F)(F)F. The van der Waals surface area contributed by atoms with Gasteiger partial charge in [-0.25, -0.2) is 0 Å². The van der Waals surface area contributed by atoms with Gasteiger partial charge in [-0.3, -0.25) is 0 Å². The van der Waals surface area contributed by atoms with Crippen molar-refractivity contribution in [1.29, 1.82) is 0 Å². The monoisotopic (exact) mass is 258 g/mol. The molecule has 0 spiro atoms. The number of hydrogen-bond acceptors (Lipinski definition) is 2. The fourth-order valence-corrected chi connectivity index (χ4v) is 2.41. The van der Waals surface area contributed by atoms with Crippen molar-refractivity contribution in [1.82, 2.24) is 0 Å². The van der Waals surface area contributed by atoms with Gasteiger partial charge in [-0.1, -0.05) is 18.9 Å².